The summed E-state index contributed by atoms with van der Waals surface area (Å²) >= 11 is 0. The van der Waals surface area contributed by atoms with E-state index in [-0.39, 0.29) is 5.54 Å². The van der Waals surface area contributed by atoms with Crippen LogP contribution >= 0.6 is 0 Å². The molecule has 0 aliphatic heterocycles. The van der Waals surface area contributed by atoms with E-state index >= 15 is 0 Å². The van der Waals surface area contributed by atoms with Gasteiger partial charge in [0.1, 0.15) is 0 Å². The van der Waals surface area contributed by atoms with Crippen LogP contribution in [0.1, 0.15) is 50.7 Å². The fourth-order valence-electron chi connectivity index (χ4n) is 3.33. The Morgan fingerprint density at radius 1 is 1.04 bits per heavy atom. The molecule has 126 valence electrons. The van der Waals surface area contributed by atoms with Crippen molar-refractivity contribution < 1.29 is 0 Å². The van der Waals surface area contributed by atoms with Crippen LogP contribution in [0.2, 0.25) is 0 Å². The van der Waals surface area contributed by atoms with Crippen molar-refractivity contribution in [2.24, 2.45) is 5.92 Å². The lowest BCUT2D eigenvalue weighted by atomic mass is 9.83. The van der Waals surface area contributed by atoms with Crippen LogP contribution in [0, 0.1) is 5.92 Å². The van der Waals surface area contributed by atoms with Gasteiger partial charge in [-0.05, 0) is 61.8 Å². The highest BCUT2D eigenvalue weighted by Crippen LogP contribution is 2.34. The van der Waals surface area contributed by atoms with E-state index < -0.39 is 0 Å². The number of allylic oxidation sites excluding steroid dienone is 1. The molecule has 1 aliphatic rings. The summed E-state index contributed by atoms with van der Waals surface area (Å²) in [6, 6.07) is 21.7. The van der Waals surface area contributed by atoms with Crippen molar-refractivity contribution in [3.63, 3.8) is 0 Å². The minimum absolute atomic E-state index is 0.0416. The molecule has 1 saturated carbocycles. The van der Waals surface area contributed by atoms with Gasteiger partial charge in [0.05, 0.1) is 0 Å². The third-order valence-electron chi connectivity index (χ3n) is 5.34. The molecule has 0 radical (unpaired) electrons. The summed E-state index contributed by atoms with van der Waals surface area (Å²) in [7, 11) is 0. The zero-order valence-corrected chi connectivity index (χ0v) is 15.0. The standard InChI is InChI=1S/C23H29N/c1-3-23(24-18-20-14-15-20,22-12-8-5-9-13-22)17-16-19(2)21-10-6-4-7-11-21/h4-13,16,20,24H,3,14-15,17-18H2,1-2H3. The SMILES string of the molecule is CCC(CC=C(C)c1ccccc1)(NCC1CC1)c1ccccc1. The number of hydrogen-bond acceptors (Lipinski definition) is 1. The van der Waals surface area contributed by atoms with Gasteiger partial charge in [-0.25, -0.2) is 0 Å². The van der Waals surface area contributed by atoms with E-state index in [4.69, 9.17) is 0 Å². The lowest BCUT2D eigenvalue weighted by Crippen LogP contribution is -2.42. The second-order valence-corrected chi connectivity index (χ2v) is 7.08. The topological polar surface area (TPSA) is 12.0 Å². The van der Waals surface area contributed by atoms with Crippen molar-refractivity contribution in [1.82, 2.24) is 5.32 Å². The second kappa shape index (κ2) is 7.81. The molecule has 0 aromatic heterocycles. The summed E-state index contributed by atoms with van der Waals surface area (Å²) in [6.07, 6.45) is 7.32. The van der Waals surface area contributed by atoms with E-state index in [0.717, 1.165) is 25.3 Å². The van der Waals surface area contributed by atoms with Gasteiger partial charge in [0, 0.05) is 5.54 Å². The predicted octanol–water partition coefficient (Wildman–Crippen LogP) is 5.79. The first kappa shape index (κ1) is 17.0. The highest BCUT2D eigenvalue weighted by atomic mass is 15.0. The van der Waals surface area contributed by atoms with Gasteiger partial charge in [-0.2, -0.15) is 0 Å². The molecule has 0 spiro atoms. The molecule has 1 nitrogen and oxygen atoms in total. The maximum Gasteiger partial charge on any atom is 0.0467 e. The van der Waals surface area contributed by atoms with E-state index in [0.29, 0.717) is 0 Å². The monoisotopic (exact) mass is 319 g/mol. The molecule has 0 saturated heterocycles. The minimum Gasteiger partial charge on any atom is -0.307 e. The minimum atomic E-state index is 0.0416. The fraction of sp³-hybridized carbons (Fsp3) is 0.391. The van der Waals surface area contributed by atoms with E-state index in [1.807, 2.05) is 0 Å². The van der Waals surface area contributed by atoms with Crippen LogP contribution in [0.4, 0.5) is 0 Å². The van der Waals surface area contributed by atoms with Crippen LogP contribution in [-0.2, 0) is 5.54 Å². The zero-order chi connectivity index (χ0) is 16.8. The Hall–Kier alpha value is -1.86. The Kier molecular flexibility index (Phi) is 5.52. The molecule has 1 fully saturated rings. The predicted molar refractivity (Wildman–Crippen MR) is 104 cm³/mol. The summed E-state index contributed by atoms with van der Waals surface area (Å²) in [5.41, 5.74) is 4.13. The highest BCUT2D eigenvalue weighted by Gasteiger charge is 2.31. The molecule has 2 aromatic rings. The van der Waals surface area contributed by atoms with Crippen molar-refractivity contribution >= 4 is 5.57 Å². The van der Waals surface area contributed by atoms with Crippen molar-refractivity contribution in [2.45, 2.75) is 45.1 Å². The van der Waals surface area contributed by atoms with Crippen LogP contribution < -0.4 is 5.32 Å². The van der Waals surface area contributed by atoms with Crippen LogP contribution in [0.5, 0.6) is 0 Å². The van der Waals surface area contributed by atoms with Gasteiger partial charge < -0.3 is 5.32 Å². The second-order valence-electron chi connectivity index (χ2n) is 7.08. The Morgan fingerprint density at radius 3 is 2.25 bits per heavy atom. The molecule has 0 heterocycles. The molecule has 2 aromatic carbocycles. The number of benzene rings is 2. The zero-order valence-electron chi connectivity index (χ0n) is 15.0. The van der Waals surface area contributed by atoms with Crippen LogP contribution in [0.25, 0.3) is 5.57 Å². The third-order valence-corrected chi connectivity index (χ3v) is 5.34. The maximum absolute atomic E-state index is 3.92. The highest BCUT2D eigenvalue weighted by molar-refractivity contribution is 5.63. The number of hydrogen-bond donors (Lipinski definition) is 1. The number of nitrogens with one attached hydrogen (secondary N) is 1. The first-order chi connectivity index (χ1) is 11.7. The van der Waals surface area contributed by atoms with E-state index in [2.05, 4.69) is 85.9 Å². The summed E-state index contributed by atoms with van der Waals surface area (Å²) in [6.45, 7) is 5.67. The molecule has 1 aliphatic carbocycles. The molecule has 1 N–H and O–H groups in total. The molecular weight excluding hydrogens is 290 g/mol. The molecule has 24 heavy (non-hydrogen) atoms. The molecule has 0 bridgehead atoms. The third kappa shape index (κ3) is 4.15. The first-order valence-corrected chi connectivity index (χ1v) is 9.26. The van der Waals surface area contributed by atoms with Crippen molar-refractivity contribution in [2.75, 3.05) is 6.54 Å². The Morgan fingerprint density at radius 2 is 1.67 bits per heavy atom. The van der Waals surface area contributed by atoms with Gasteiger partial charge >= 0.3 is 0 Å². The van der Waals surface area contributed by atoms with Gasteiger partial charge in [0.25, 0.3) is 0 Å². The first-order valence-electron chi connectivity index (χ1n) is 9.26. The quantitative estimate of drug-likeness (QED) is 0.650. The van der Waals surface area contributed by atoms with Gasteiger partial charge in [-0.15, -0.1) is 0 Å². The largest absolute Gasteiger partial charge is 0.307 e. The van der Waals surface area contributed by atoms with Crippen LogP contribution in [-0.4, -0.2) is 6.54 Å². The summed E-state index contributed by atoms with van der Waals surface area (Å²) in [4.78, 5) is 0. The van der Waals surface area contributed by atoms with Gasteiger partial charge in [0.2, 0.25) is 0 Å². The van der Waals surface area contributed by atoms with E-state index in [9.17, 15) is 0 Å². The van der Waals surface area contributed by atoms with Crippen molar-refractivity contribution in [3.8, 4) is 0 Å². The van der Waals surface area contributed by atoms with Gasteiger partial charge in [-0.1, -0.05) is 73.7 Å². The van der Waals surface area contributed by atoms with Gasteiger partial charge in [0.15, 0.2) is 0 Å². The summed E-state index contributed by atoms with van der Waals surface area (Å²) < 4.78 is 0. The fourth-order valence-corrected chi connectivity index (χ4v) is 3.33. The summed E-state index contributed by atoms with van der Waals surface area (Å²) in [5.74, 6) is 0.888. The molecule has 1 heteroatoms. The Labute approximate surface area is 146 Å². The molecule has 0 amide bonds. The molecule has 1 unspecified atom stereocenters. The molecule has 3 rings (SSSR count). The van der Waals surface area contributed by atoms with E-state index in [1.54, 1.807) is 0 Å². The number of rotatable bonds is 8. The van der Waals surface area contributed by atoms with E-state index in [1.165, 1.54) is 29.5 Å². The Balaban J connectivity index is 1.83. The summed E-state index contributed by atoms with van der Waals surface area (Å²) in [5, 5.41) is 3.92. The van der Waals surface area contributed by atoms with Crippen LogP contribution in [0.3, 0.4) is 0 Å². The average molecular weight is 319 g/mol. The van der Waals surface area contributed by atoms with Crippen molar-refractivity contribution in [3.05, 3.63) is 77.9 Å². The molecular formula is C23H29N. The average Bonchev–Trinajstić information content (AvgIpc) is 3.48. The maximum atomic E-state index is 3.92. The van der Waals surface area contributed by atoms with Gasteiger partial charge in [-0.3, -0.25) is 0 Å². The lowest BCUT2D eigenvalue weighted by molar-refractivity contribution is 0.317. The lowest BCUT2D eigenvalue weighted by Gasteiger charge is -2.34. The molecule has 1 atom stereocenters. The Bertz CT molecular complexity index is 655. The van der Waals surface area contributed by atoms with Crippen molar-refractivity contribution in [1.29, 1.82) is 0 Å². The van der Waals surface area contributed by atoms with Crippen LogP contribution in [0.15, 0.2) is 66.7 Å². The normalized spacial score (nSPS) is 17.5. The smallest absolute Gasteiger partial charge is 0.0467 e.